The van der Waals surface area contributed by atoms with Crippen LogP contribution in [-0.2, 0) is 19.2 Å². The van der Waals surface area contributed by atoms with Gasteiger partial charge in [0.1, 0.15) is 29.9 Å². The van der Waals surface area contributed by atoms with Gasteiger partial charge in [0, 0.05) is 29.9 Å². The van der Waals surface area contributed by atoms with Crippen molar-refractivity contribution in [2.75, 3.05) is 30.9 Å². The topological polar surface area (TPSA) is 213 Å². The first-order valence-electron chi connectivity index (χ1n) is 11.0. The number of anilines is 1. The predicted molar refractivity (Wildman–Crippen MR) is 142 cm³/mol. The number of guanidine groups is 1. The van der Waals surface area contributed by atoms with Crippen molar-refractivity contribution in [3.63, 3.8) is 0 Å². The maximum absolute atomic E-state index is 13.0. The van der Waals surface area contributed by atoms with Crippen molar-refractivity contribution in [3.8, 4) is 0 Å². The average Bonchev–Trinajstić information content (AvgIpc) is 3.29. The van der Waals surface area contributed by atoms with Crippen LogP contribution < -0.4 is 16.8 Å². The smallest absolute Gasteiger partial charge is 0.352 e. The van der Waals surface area contributed by atoms with Gasteiger partial charge < -0.3 is 31.6 Å². The number of carboxylic acids is 1. The molecule has 0 aromatic carbocycles. The summed E-state index contributed by atoms with van der Waals surface area (Å²) in [5, 5.41) is 26.1. The van der Waals surface area contributed by atoms with Crippen LogP contribution in [0, 0.1) is 5.41 Å². The lowest BCUT2D eigenvalue weighted by atomic mass is 10.0. The van der Waals surface area contributed by atoms with Crippen molar-refractivity contribution >= 4 is 74.5 Å². The Hall–Kier alpha value is -3.15. The molecule has 0 radical (unpaired) electrons. The number of oxime groups is 1. The number of amides is 2. The van der Waals surface area contributed by atoms with Gasteiger partial charge in [-0.25, -0.2) is 14.8 Å². The summed E-state index contributed by atoms with van der Waals surface area (Å²) in [5.41, 5.74) is 12.3. The molecule has 17 heteroatoms. The minimum absolute atomic E-state index is 0.0718. The maximum atomic E-state index is 13.0. The minimum Gasteiger partial charge on any atom is -0.477 e. The lowest BCUT2D eigenvalue weighted by molar-refractivity contribution is -0.150. The van der Waals surface area contributed by atoms with Crippen LogP contribution in [0.1, 0.15) is 19.0 Å². The third-order valence-electron chi connectivity index (χ3n) is 5.74. The number of nitrogens with one attached hydrogen (secondary N) is 2. The van der Waals surface area contributed by atoms with E-state index in [0.717, 1.165) is 11.3 Å². The fourth-order valence-electron chi connectivity index (χ4n) is 4.02. The minimum atomic E-state index is -1.23. The van der Waals surface area contributed by atoms with E-state index in [-0.39, 0.29) is 40.1 Å². The fourth-order valence-corrected chi connectivity index (χ4v) is 7.06. The molecule has 3 atom stereocenters. The molecule has 198 valence electrons. The molecular formula is C20H25N9O5S3. The number of β-lactam (4-membered cyclic amide) rings is 1. The molecule has 3 aliphatic rings. The van der Waals surface area contributed by atoms with E-state index in [1.54, 1.807) is 4.90 Å². The summed E-state index contributed by atoms with van der Waals surface area (Å²) >= 11 is 3.78. The Morgan fingerprint density at radius 2 is 2.22 bits per heavy atom. The van der Waals surface area contributed by atoms with Gasteiger partial charge in [0.15, 0.2) is 10.8 Å². The molecule has 0 saturated carbocycles. The molecule has 4 rings (SSSR count). The normalized spacial score (nSPS) is 23.9. The van der Waals surface area contributed by atoms with E-state index in [9.17, 15) is 19.5 Å². The third kappa shape index (κ3) is 5.29. The highest BCUT2D eigenvalue weighted by Crippen LogP contribution is 2.41. The van der Waals surface area contributed by atoms with Crippen molar-refractivity contribution in [2.45, 2.75) is 30.9 Å². The summed E-state index contributed by atoms with van der Waals surface area (Å²) in [5.74, 6) is -1.77. The van der Waals surface area contributed by atoms with Gasteiger partial charge in [-0.2, -0.15) is 0 Å². The second-order valence-electron chi connectivity index (χ2n) is 7.99. The van der Waals surface area contributed by atoms with E-state index in [2.05, 4.69) is 20.4 Å². The average molecular weight is 568 g/mol. The molecule has 4 heterocycles. The van der Waals surface area contributed by atoms with Crippen molar-refractivity contribution in [3.05, 3.63) is 22.3 Å². The lowest BCUT2D eigenvalue weighted by Gasteiger charge is -2.49. The van der Waals surface area contributed by atoms with Crippen LogP contribution in [0.25, 0.3) is 0 Å². The molecule has 14 nitrogen and oxygen atoms in total. The number of carbonyl (C=O) groups excluding carboxylic acids is 2. The quantitative estimate of drug-likeness (QED) is 0.159. The second kappa shape index (κ2) is 11.1. The zero-order chi connectivity index (χ0) is 26.9. The number of nitrogen functional groups attached to an aromatic ring is 1. The van der Waals surface area contributed by atoms with E-state index < -0.39 is 29.2 Å². The standard InChI is InChI=1S/C20H25N9O5S3/c1-3-28-10(21)4-11(25-19(28)22)35-5-8-6-36-17-13(16(31)29(17)14(8)18(32)33)26-15(30)12(27-34-2)9-7-37-20(23)24-9/h7,10,13,17,22H,3-6,21H2,1-2H3,(H2,23,24)(H,26,30)(H,32,33)/t10?,13?,17-/m0/s1. The Labute approximate surface area is 224 Å². The van der Waals surface area contributed by atoms with E-state index in [1.807, 2.05) is 6.92 Å². The third-order valence-corrected chi connectivity index (χ3v) is 8.84. The summed E-state index contributed by atoms with van der Waals surface area (Å²) in [6.07, 6.45) is 0.0724. The van der Waals surface area contributed by atoms with E-state index >= 15 is 0 Å². The Kier molecular flexibility index (Phi) is 8.05. The molecule has 1 aromatic heterocycles. The summed E-state index contributed by atoms with van der Waals surface area (Å²) in [6.45, 7) is 2.46. The van der Waals surface area contributed by atoms with Gasteiger partial charge in [-0.05, 0) is 12.5 Å². The molecule has 0 aliphatic carbocycles. The Bertz CT molecular complexity index is 1230. The van der Waals surface area contributed by atoms with Crippen molar-refractivity contribution in [2.24, 2.45) is 15.9 Å². The first-order chi connectivity index (χ1) is 17.7. The number of hydrogen-bond acceptors (Lipinski definition) is 12. The number of aliphatic carboxylic acids is 1. The number of hydrogen-bond donors (Lipinski definition) is 5. The number of thioether (sulfide) groups is 2. The van der Waals surface area contributed by atoms with Crippen LogP contribution in [0.5, 0.6) is 0 Å². The highest BCUT2D eigenvalue weighted by molar-refractivity contribution is 8.14. The van der Waals surface area contributed by atoms with Gasteiger partial charge in [0.25, 0.3) is 11.8 Å². The number of nitrogens with two attached hydrogens (primary N) is 2. The molecule has 1 aromatic rings. The molecular weight excluding hydrogens is 542 g/mol. The molecule has 3 aliphatic heterocycles. The number of carbonyl (C=O) groups is 3. The number of carboxylic acid groups (broad SMARTS) is 1. The van der Waals surface area contributed by atoms with Gasteiger partial charge in [0.05, 0.1) is 11.2 Å². The maximum Gasteiger partial charge on any atom is 0.352 e. The molecule has 0 bridgehead atoms. The number of nitrogens with zero attached hydrogens (tertiary/aromatic N) is 5. The molecule has 0 spiro atoms. The van der Waals surface area contributed by atoms with Crippen molar-refractivity contribution in [1.29, 1.82) is 5.41 Å². The van der Waals surface area contributed by atoms with E-state index in [4.69, 9.17) is 21.7 Å². The SMILES string of the molecule is CCN1C(=N)N=C(SCC2=C(C(=O)O)N3C(=O)C(NC(=O)C(=NOC)c4csc(N)n4)[C@@H]3SC2)CC1N. The monoisotopic (exact) mass is 567 g/mol. The molecule has 1 fully saturated rings. The Morgan fingerprint density at radius 3 is 2.81 bits per heavy atom. The molecule has 2 unspecified atom stereocenters. The summed E-state index contributed by atoms with van der Waals surface area (Å²) < 4.78 is 0. The first-order valence-corrected chi connectivity index (χ1v) is 13.9. The molecule has 2 amide bonds. The highest BCUT2D eigenvalue weighted by atomic mass is 32.2. The van der Waals surface area contributed by atoms with E-state index in [0.29, 0.717) is 29.3 Å². The number of rotatable bonds is 8. The predicted octanol–water partition coefficient (Wildman–Crippen LogP) is -0.109. The van der Waals surface area contributed by atoms with Crippen molar-refractivity contribution < 1.29 is 24.3 Å². The summed E-state index contributed by atoms with van der Waals surface area (Å²) in [7, 11) is 1.27. The van der Waals surface area contributed by atoms with Crippen LogP contribution in [0.3, 0.4) is 0 Å². The molecule has 37 heavy (non-hydrogen) atoms. The van der Waals surface area contributed by atoms with Crippen LogP contribution in [0.2, 0.25) is 0 Å². The fraction of sp³-hybridized carbons (Fsp3) is 0.450. The number of fused-ring (bicyclic) bond motifs is 1. The molecule has 7 N–H and O–H groups in total. The van der Waals surface area contributed by atoms with Crippen LogP contribution in [0.4, 0.5) is 5.13 Å². The van der Waals surface area contributed by atoms with E-state index in [1.165, 1.54) is 40.9 Å². The number of aliphatic imine (C=N–C) groups is 1. The Morgan fingerprint density at radius 1 is 1.46 bits per heavy atom. The van der Waals surface area contributed by atoms with Gasteiger partial charge in [-0.1, -0.05) is 5.16 Å². The van der Waals surface area contributed by atoms with Gasteiger partial charge in [-0.3, -0.25) is 19.9 Å². The lowest BCUT2D eigenvalue weighted by Crippen LogP contribution is -2.71. The molecule has 1 saturated heterocycles. The highest BCUT2D eigenvalue weighted by Gasteiger charge is 2.54. The zero-order valence-electron chi connectivity index (χ0n) is 19.8. The Balaban J connectivity index is 1.46. The van der Waals surface area contributed by atoms with Crippen LogP contribution in [-0.4, -0.2) is 97.1 Å². The zero-order valence-corrected chi connectivity index (χ0v) is 22.3. The van der Waals surface area contributed by atoms with Gasteiger partial charge in [0.2, 0.25) is 5.96 Å². The summed E-state index contributed by atoms with van der Waals surface area (Å²) in [6, 6.07) is -0.944. The second-order valence-corrected chi connectivity index (χ2v) is 11.0. The number of aromatic nitrogens is 1. The largest absolute Gasteiger partial charge is 0.477 e. The van der Waals surface area contributed by atoms with Crippen LogP contribution in [0.15, 0.2) is 26.8 Å². The van der Waals surface area contributed by atoms with Crippen molar-refractivity contribution in [1.82, 2.24) is 20.1 Å². The van der Waals surface area contributed by atoms with Crippen LogP contribution >= 0.6 is 34.9 Å². The van der Waals surface area contributed by atoms with Gasteiger partial charge in [-0.15, -0.1) is 34.9 Å². The summed E-state index contributed by atoms with van der Waals surface area (Å²) in [4.78, 5) is 53.9. The van der Waals surface area contributed by atoms with Gasteiger partial charge >= 0.3 is 5.97 Å². The number of thiazole rings is 1. The first kappa shape index (κ1) is 26.9.